The number of nitrogen functional groups attached to an aromatic ring is 1. The number of aryl methyl sites for hydroxylation is 2. The highest BCUT2D eigenvalue weighted by Gasteiger charge is 2.26. The lowest BCUT2D eigenvalue weighted by atomic mass is 10.0. The van der Waals surface area contributed by atoms with Crippen LogP contribution in [0.3, 0.4) is 0 Å². The fraction of sp³-hybridized carbons (Fsp3) is 0.357. The Morgan fingerprint density at radius 1 is 1.50 bits per heavy atom. The number of anilines is 2. The molecule has 0 spiro atoms. The molecule has 1 aliphatic rings. The molecule has 6 heteroatoms. The maximum atomic E-state index is 12.5. The van der Waals surface area contributed by atoms with Crippen LogP contribution in [0.15, 0.2) is 18.2 Å². The average Bonchev–Trinajstić information content (AvgIpc) is 2.94. The van der Waals surface area contributed by atoms with E-state index in [0.717, 1.165) is 42.0 Å². The normalized spacial score (nSPS) is 14.2. The number of rotatable bonds is 2. The number of carbonyl (C=O) groups excluding carboxylic acids is 1. The number of aromatic nitrogens is 3. The zero-order chi connectivity index (χ0) is 14.1. The Morgan fingerprint density at radius 2 is 2.35 bits per heavy atom. The van der Waals surface area contributed by atoms with Gasteiger partial charge in [0.2, 0.25) is 5.82 Å². The number of carbonyl (C=O) groups is 1. The summed E-state index contributed by atoms with van der Waals surface area (Å²) in [5.74, 6) is 0.793. The van der Waals surface area contributed by atoms with Gasteiger partial charge in [-0.2, -0.15) is 0 Å². The summed E-state index contributed by atoms with van der Waals surface area (Å²) in [4.78, 5) is 18.5. The monoisotopic (exact) mass is 271 g/mol. The second-order valence-corrected chi connectivity index (χ2v) is 4.91. The lowest BCUT2D eigenvalue weighted by molar-refractivity contribution is 0.0975. The number of aromatic amines is 1. The summed E-state index contributed by atoms with van der Waals surface area (Å²) in [6.07, 6.45) is 2.60. The third-order valence-electron chi connectivity index (χ3n) is 3.53. The molecule has 0 saturated heterocycles. The van der Waals surface area contributed by atoms with Crippen LogP contribution in [0.25, 0.3) is 0 Å². The predicted octanol–water partition coefficient (Wildman–Crippen LogP) is 1.54. The maximum absolute atomic E-state index is 12.5. The van der Waals surface area contributed by atoms with Crippen molar-refractivity contribution in [2.24, 2.45) is 0 Å². The van der Waals surface area contributed by atoms with Gasteiger partial charge in [0.1, 0.15) is 5.82 Å². The van der Waals surface area contributed by atoms with E-state index < -0.39 is 0 Å². The molecule has 20 heavy (non-hydrogen) atoms. The summed E-state index contributed by atoms with van der Waals surface area (Å²) in [6, 6.07) is 5.65. The number of fused-ring (bicyclic) bond motifs is 1. The van der Waals surface area contributed by atoms with Crippen LogP contribution in [0.1, 0.15) is 35.4 Å². The van der Waals surface area contributed by atoms with E-state index in [2.05, 4.69) is 15.2 Å². The van der Waals surface area contributed by atoms with Gasteiger partial charge in [0.15, 0.2) is 0 Å². The summed E-state index contributed by atoms with van der Waals surface area (Å²) >= 11 is 0. The summed E-state index contributed by atoms with van der Waals surface area (Å²) in [5, 5.41) is 6.78. The number of benzene rings is 1. The zero-order valence-electron chi connectivity index (χ0n) is 11.4. The molecule has 1 aromatic heterocycles. The van der Waals surface area contributed by atoms with Gasteiger partial charge in [-0.15, -0.1) is 5.10 Å². The van der Waals surface area contributed by atoms with Gasteiger partial charge >= 0.3 is 0 Å². The van der Waals surface area contributed by atoms with Gasteiger partial charge in [0.25, 0.3) is 5.91 Å². The molecule has 0 bridgehead atoms. The molecule has 104 valence electrons. The first-order valence-electron chi connectivity index (χ1n) is 6.80. The van der Waals surface area contributed by atoms with E-state index in [0.29, 0.717) is 6.54 Å². The first kappa shape index (κ1) is 12.7. The molecule has 6 nitrogen and oxygen atoms in total. The van der Waals surface area contributed by atoms with Gasteiger partial charge in [-0.05, 0) is 36.6 Å². The number of amides is 1. The molecule has 0 aliphatic carbocycles. The molecular weight excluding hydrogens is 254 g/mol. The first-order chi connectivity index (χ1) is 9.69. The summed E-state index contributed by atoms with van der Waals surface area (Å²) in [6.45, 7) is 2.65. The molecule has 0 saturated carbocycles. The van der Waals surface area contributed by atoms with Crippen LogP contribution in [0, 0.1) is 0 Å². The van der Waals surface area contributed by atoms with Gasteiger partial charge in [-0.1, -0.05) is 6.92 Å². The van der Waals surface area contributed by atoms with E-state index >= 15 is 0 Å². The van der Waals surface area contributed by atoms with Crippen molar-refractivity contribution in [3.05, 3.63) is 35.4 Å². The average molecular weight is 271 g/mol. The Balaban J connectivity index is 1.93. The quantitative estimate of drug-likeness (QED) is 0.811. The standard InChI is InChI=1S/C14H17N5O/c1-2-12-16-13(18-17-12)14(20)19-7-3-4-9-8-10(15)5-6-11(9)19/h5-6,8H,2-4,7,15H2,1H3,(H,16,17,18). The Hall–Kier alpha value is -2.37. The van der Waals surface area contributed by atoms with Crippen molar-refractivity contribution in [1.82, 2.24) is 15.2 Å². The molecule has 1 aromatic carbocycles. The van der Waals surface area contributed by atoms with Crippen LogP contribution in [0.5, 0.6) is 0 Å². The predicted molar refractivity (Wildman–Crippen MR) is 76.6 cm³/mol. The maximum Gasteiger partial charge on any atom is 0.297 e. The summed E-state index contributed by atoms with van der Waals surface area (Å²) in [5.41, 5.74) is 8.55. The van der Waals surface area contributed by atoms with Gasteiger partial charge < -0.3 is 10.6 Å². The lowest BCUT2D eigenvalue weighted by Gasteiger charge is -2.28. The van der Waals surface area contributed by atoms with Crippen molar-refractivity contribution in [1.29, 1.82) is 0 Å². The first-order valence-corrected chi connectivity index (χ1v) is 6.80. The Kier molecular flexibility index (Phi) is 3.14. The summed E-state index contributed by atoms with van der Waals surface area (Å²) in [7, 11) is 0. The Morgan fingerprint density at radius 3 is 3.10 bits per heavy atom. The van der Waals surface area contributed by atoms with Crippen molar-refractivity contribution >= 4 is 17.3 Å². The highest BCUT2D eigenvalue weighted by molar-refractivity contribution is 6.04. The number of hydrogen-bond acceptors (Lipinski definition) is 4. The molecule has 0 radical (unpaired) electrons. The Bertz CT molecular complexity index is 649. The minimum Gasteiger partial charge on any atom is -0.399 e. The largest absolute Gasteiger partial charge is 0.399 e. The van der Waals surface area contributed by atoms with Gasteiger partial charge in [0, 0.05) is 24.3 Å². The molecular formula is C14H17N5O. The summed E-state index contributed by atoms with van der Waals surface area (Å²) < 4.78 is 0. The molecule has 0 atom stereocenters. The Labute approximate surface area is 117 Å². The SMILES string of the molecule is CCc1nc(C(=O)N2CCCc3cc(N)ccc32)n[nH]1. The molecule has 3 rings (SSSR count). The fourth-order valence-electron chi connectivity index (χ4n) is 2.50. The van der Waals surface area contributed by atoms with Crippen molar-refractivity contribution in [2.45, 2.75) is 26.2 Å². The van der Waals surface area contributed by atoms with Crippen molar-refractivity contribution < 1.29 is 4.79 Å². The highest BCUT2D eigenvalue weighted by Crippen LogP contribution is 2.29. The van der Waals surface area contributed by atoms with E-state index in [1.54, 1.807) is 4.90 Å². The number of hydrogen-bond donors (Lipinski definition) is 2. The molecule has 2 aromatic rings. The van der Waals surface area contributed by atoms with Crippen LogP contribution < -0.4 is 10.6 Å². The van der Waals surface area contributed by atoms with Gasteiger partial charge in [-0.25, -0.2) is 4.98 Å². The second kappa shape index (κ2) is 4.96. The highest BCUT2D eigenvalue weighted by atomic mass is 16.2. The van der Waals surface area contributed by atoms with Crippen molar-refractivity contribution in [2.75, 3.05) is 17.2 Å². The van der Waals surface area contributed by atoms with Crippen molar-refractivity contribution in [3.8, 4) is 0 Å². The number of nitrogens with one attached hydrogen (secondary N) is 1. The third kappa shape index (κ3) is 2.13. The fourth-order valence-corrected chi connectivity index (χ4v) is 2.50. The number of H-pyrrole nitrogens is 1. The van der Waals surface area contributed by atoms with E-state index in [4.69, 9.17) is 5.73 Å². The van der Waals surface area contributed by atoms with Gasteiger partial charge in [0.05, 0.1) is 0 Å². The lowest BCUT2D eigenvalue weighted by Crippen LogP contribution is -2.36. The van der Waals surface area contributed by atoms with E-state index in [1.165, 1.54) is 0 Å². The van der Waals surface area contributed by atoms with Crippen LogP contribution >= 0.6 is 0 Å². The topological polar surface area (TPSA) is 87.9 Å². The molecule has 1 amide bonds. The van der Waals surface area contributed by atoms with Crippen LogP contribution in [0.4, 0.5) is 11.4 Å². The van der Waals surface area contributed by atoms with Gasteiger partial charge in [-0.3, -0.25) is 9.89 Å². The van der Waals surface area contributed by atoms with Crippen LogP contribution in [-0.4, -0.2) is 27.6 Å². The number of nitrogens with two attached hydrogens (primary N) is 1. The van der Waals surface area contributed by atoms with E-state index in [1.807, 2.05) is 25.1 Å². The minimum atomic E-state index is -0.160. The molecule has 0 unspecified atom stereocenters. The number of nitrogens with zero attached hydrogens (tertiary/aromatic N) is 3. The van der Waals surface area contributed by atoms with Crippen LogP contribution in [-0.2, 0) is 12.8 Å². The van der Waals surface area contributed by atoms with Crippen LogP contribution in [0.2, 0.25) is 0 Å². The minimum absolute atomic E-state index is 0.160. The molecule has 2 heterocycles. The molecule has 0 fully saturated rings. The molecule has 3 N–H and O–H groups in total. The molecule has 1 aliphatic heterocycles. The third-order valence-corrected chi connectivity index (χ3v) is 3.53. The second-order valence-electron chi connectivity index (χ2n) is 4.91. The van der Waals surface area contributed by atoms with Crippen molar-refractivity contribution in [3.63, 3.8) is 0 Å². The smallest absolute Gasteiger partial charge is 0.297 e. The van der Waals surface area contributed by atoms with E-state index in [-0.39, 0.29) is 11.7 Å². The zero-order valence-corrected chi connectivity index (χ0v) is 11.4. The van der Waals surface area contributed by atoms with E-state index in [9.17, 15) is 4.79 Å².